The topological polar surface area (TPSA) is 67.8 Å². The predicted molar refractivity (Wildman–Crippen MR) is 48.1 cm³/mol. The van der Waals surface area contributed by atoms with Crippen LogP contribution in [-0.4, -0.2) is 18.3 Å². The summed E-state index contributed by atoms with van der Waals surface area (Å²) in [5, 5.41) is 11.9. The Hall–Kier alpha value is -1.75. The van der Waals surface area contributed by atoms with Crippen molar-refractivity contribution in [3.63, 3.8) is 0 Å². The highest BCUT2D eigenvalue weighted by atomic mass is 16.6. The van der Waals surface area contributed by atoms with Crippen LogP contribution in [0.15, 0.2) is 18.2 Å². The van der Waals surface area contributed by atoms with Gasteiger partial charge >= 0.3 is 6.09 Å². The second-order valence-electron chi connectivity index (χ2n) is 2.84. The number of nitrogens with one attached hydrogen (secondary N) is 1. The fourth-order valence-electron chi connectivity index (χ4n) is 1.29. The molecule has 1 atom stereocenters. The summed E-state index contributed by atoms with van der Waals surface area (Å²) in [6.07, 6.45) is -1.89. The number of aliphatic hydroxyl groups excluding tert-OH is 1. The van der Waals surface area contributed by atoms with Crippen LogP contribution in [0.3, 0.4) is 0 Å². The summed E-state index contributed by atoms with van der Waals surface area (Å²) in [6.45, 7) is 0. The summed E-state index contributed by atoms with van der Waals surface area (Å²) >= 11 is 0. The number of hydrogen-bond donors (Lipinski definition) is 2. The van der Waals surface area contributed by atoms with Crippen molar-refractivity contribution in [2.75, 3.05) is 12.4 Å². The molecule has 0 aliphatic carbocycles. The summed E-state index contributed by atoms with van der Waals surface area (Å²) in [7, 11) is 1.52. The molecule has 0 saturated heterocycles. The van der Waals surface area contributed by atoms with Gasteiger partial charge in [0.1, 0.15) is 5.75 Å². The molecule has 1 unspecified atom stereocenters. The molecule has 74 valence electrons. The highest BCUT2D eigenvalue weighted by Crippen LogP contribution is 2.31. The number of ether oxygens (including phenoxy) is 2. The molecule has 1 amide bonds. The third kappa shape index (κ3) is 1.38. The number of cyclic esters (lactones) is 1. The van der Waals surface area contributed by atoms with Gasteiger partial charge in [-0.15, -0.1) is 0 Å². The first-order chi connectivity index (χ1) is 6.70. The fourth-order valence-corrected chi connectivity index (χ4v) is 1.29. The first-order valence-corrected chi connectivity index (χ1v) is 4.04. The Balaban J connectivity index is 2.44. The van der Waals surface area contributed by atoms with E-state index in [2.05, 4.69) is 10.1 Å². The van der Waals surface area contributed by atoms with Gasteiger partial charge in [0.25, 0.3) is 0 Å². The zero-order chi connectivity index (χ0) is 10.1. The van der Waals surface area contributed by atoms with Gasteiger partial charge in [0, 0.05) is 5.56 Å². The highest BCUT2D eigenvalue weighted by molar-refractivity contribution is 5.88. The number of benzene rings is 1. The third-order valence-corrected chi connectivity index (χ3v) is 1.98. The molecule has 2 N–H and O–H groups in total. The van der Waals surface area contributed by atoms with Gasteiger partial charge in [-0.2, -0.15) is 0 Å². The maximum Gasteiger partial charge on any atom is 0.414 e. The number of methoxy groups -OCH3 is 1. The van der Waals surface area contributed by atoms with Gasteiger partial charge in [-0.25, -0.2) is 4.79 Å². The molecule has 2 rings (SSSR count). The summed E-state index contributed by atoms with van der Waals surface area (Å²) in [5.74, 6) is 0.600. The van der Waals surface area contributed by atoms with Crippen molar-refractivity contribution < 1.29 is 19.4 Å². The van der Waals surface area contributed by atoms with Gasteiger partial charge in [0.15, 0.2) is 0 Å². The summed E-state index contributed by atoms with van der Waals surface area (Å²) < 4.78 is 9.54. The first kappa shape index (κ1) is 8.83. The van der Waals surface area contributed by atoms with Crippen LogP contribution in [0.5, 0.6) is 5.75 Å². The van der Waals surface area contributed by atoms with Crippen LogP contribution in [0.1, 0.15) is 11.9 Å². The number of carbonyl (C=O) groups excluding carboxylic acids is 1. The molecule has 5 heteroatoms. The molecule has 1 aromatic rings. The second kappa shape index (κ2) is 3.19. The minimum Gasteiger partial charge on any atom is -0.497 e. The predicted octanol–water partition coefficient (Wildman–Crippen LogP) is 1.25. The molecule has 0 spiro atoms. The Bertz CT molecular complexity index is 377. The van der Waals surface area contributed by atoms with Gasteiger partial charge in [0.05, 0.1) is 12.8 Å². The molecule has 1 heterocycles. The maximum atomic E-state index is 10.9. The standard InChI is InChI=1S/C9H9NO4/c1-13-5-2-3-7-6(4-5)8(11)14-9(12)10-7/h2-4,8,11H,1H3,(H,10,12). The molecule has 5 nitrogen and oxygen atoms in total. The van der Waals surface area contributed by atoms with Gasteiger partial charge < -0.3 is 14.6 Å². The molecule has 0 saturated carbocycles. The van der Waals surface area contributed by atoms with E-state index in [1.807, 2.05) is 0 Å². The van der Waals surface area contributed by atoms with Crippen molar-refractivity contribution >= 4 is 11.8 Å². The molecular formula is C9H9NO4. The van der Waals surface area contributed by atoms with E-state index in [1.54, 1.807) is 18.2 Å². The molecular weight excluding hydrogens is 186 g/mol. The van der Waals surface area contributed by atoms with Crippen LogP contribution >= 0.6 is 0 Å². The molecule has 1 aliphatic heterocycles. The van der Waals surface area contributed by atoms with Gasteiger partial charge in [-0.3, -0.25) is 5.32 Å². The number of carbonyl (C=O) groups is 1. The fraction of sp³-hybridized carbons (Fsp3) is 0.222. The van der Waals surface area contributed by atoms with Crippen molar-refractivity contribution in [2.24, 2.45) is 0 Å². The molecule has 1 aromatic carbocycles. The number of fused-ring (bicyclic) bond motifs is 1. The average Bonchev–Trinajstić information content (AvgIpc) is 2.17. The molecule has 0 aromatic heterocycles. The number of anilines is 1. The smallest absolute Gasteiger partial charge is 0.414 e. The van der Waals surface area contributed by atoms with Crippen molar-refractivity contribution in [1.82, 2.24) is 0 Å². The van der Waals surface area contributed by atoms with Crippen LogP contribution in [0, 0.1) is 0 Å². The Morgan fingerprint density at radius 2 is 2.36 bits per heavy atom. The lowest BCUT2D eigenvalue weighted by Crippen LogP contribution is -2.24. The maximum absolute atomic E-state index is 10.9. The van der Waals surface area contributed by atoms with Crippen LogP contribution in [0.4, 0.5) is 10.5 Å². The average molecular weight is 195 g/mol. The minimum absolute atomic E-state index is 0.490. The van der Waals surface area contributed by atoms with Gasteiger partial charge in [-0.1, -0.05) is 0 Å². The van der Waals surface area contributed by atoms with Crippen LogP contribution in [-0.2, 0) is 4.74 Å². The van der Waals surface area contributed by atoms with Crippen LogP contribution in [0.25, 0.3) is 0 Å². The van der Waals surface area contributed by atoms with Crippen LogP contribution in [0.2, 0.25) is 0 Å². The second-order valence-corrected chi connectivity index (χ2v) is 2.84. The third-order valence-electron chi connectivity index (χ3n) is 1.98. The molecule has 14 heavy (non-hydrogen) atoms. The number of hydrogen-bond acceptors (Lipinski definition) is 4. The number of amides is 1. The van der Waals surface area contributed by atoms with E-state index in [-0.39, 0.29) is 0 Å². The lowest BCUT2D eigenvalue weighted by atomic mass is 10.1. The van der Waals surface area contributed by atoms with E-state index in [9.17, 15) is 9.90 Å². The van der Waals surface area contributed by atoms with E-state index in [0.29, 0.717) is 17.0 Å². The lowest BCUT2D eigenvalue weighted by molar-refractivity contribution is -0.0524. The Morgan fingerprint density at radius 3 is 3.07 bits per heavy atom. The molecule has 0 fully saturated rings. The molecule has 1 aliphatic rings. The molecule has 0 radical (unpaired) electrons. The van der Waals surface area contributed by atoms with E-state index < -0.39 is 12.4 Å². The first-order valence-electron chi connectivity index (χ1n) is 4.04. The SMILES string of the molecule is COc1ccc2c(c1)C(O)OC(=O)N2. The van der Waals surface area contributed by atoms with Crippen LogP contribution < -0.4 is 10.1 Å². The van der Waals surface area contributed by atoms with E-state index in [1.165, 1.54) is 7.11 Å². The summed E-state index contributed by atoms with van der Waals surface area (Å²) in [4.78, 5) is 10.9. The monoisotopic (exact) mass is 195 g/mol. The highest BCUT2D eigenvalue weighted by Gasteiger charge is 2.24. The lowest BCUT2D eigenvalue weighted by Gasteiger charge is -2.22. The van der Waals surface area contributed by atoms with E-state index >= 15 is 0 Å². The summed E-state index contributed by atoms with van der Waals surface area (Å²) in [6, 6.07) is 4.95. The van der Waals surface area contributed by atoms with Crippen molar-refractivity contribution in [2.45, 2.75) is 6.29 Å². The van der Waals surface area contributed by atoms with Crippen molar-refractivity contribution in [3.05, 3.63) is 23.8 Å². The Kier molecular flexibility index (Phi) is 2.01. The van der Waals surface area contributed by atoms with E-state index in [4.69, 9.17) is 4.74 Å². The summed E-state index contributed by atoms with van der Waals surface area (Å²) in [5.41, 5.74) is 1.03. The van der Waals surface area contributed by atoms with Crippen molar-refractivity contribution in [3.8, 4) is 5.75 Å². The zero-order valence-corrected chi connectivity index (χ0v) is 7.48. The Labute approximate surface area is 80.3 Å². The largest absolute Gasteiger partial charge is 0.497 e. The normalized spacial score (nSPS) is 19.3. The Morgan fingerprint density at radius 1 is 1.57 bits per heavy atom. The van der Waals surface area contributed by atoms with Gasteiger partial charge in [0.2, 0.25) is 6.29 Å². The number of rotatable bonds is 1. The molecule has 0 bridgehead atoms. The van der Waals surface area contributed by atoms with Gasteiger partial charge in [-0.05, 0) is 18.2 Å². The van der Waals surface area contributed by atoms with Crippen molar-refractivity contribution in [1.29, 1.82) is 0 Å². The number of aliphatic hydroxyl groups is 1. The quantitative estimate of drug-likeness (QED) is 0.707. The minimum atomic E-state index is -1.23. The van der Waals surface area contributed by atoms with E-state index in [0.717, 1.165) is 0 Å². The zero-order valence-electron chi connectivity index (χ0n) is 7.48.